The number of nitrogens with two attached hydrogens (primary N) is 1. The van der Waals surface area contributed by atoms with E-state index in [1.807, 2.05) is 30.3 Å². The largest absolute Gasteiger partial charge is 0.492 e. The molecule has 1 aliphatic rings. The molecule has 122 valence electrons. The molecule has 1 saturated heterocycles. The zero-order valence-corrected chi connectivity index (χ0v) is 14.0. The van der Waals surface area contributed by atoms with Gasteiger partial charge in [0.05, 0.1) is 13.2 Å². The fourth-order valence-corrected chi connectivity index (χ4v) is 2.53. The second-order valence-corrected chi connectivity index (χ2v) is 5.00. The van der Waals surface area contributed by atoms with Crippen LogP contribution in [0.25, 0.3) is 10.8 Å². The van der Waals surface area contributed by atoms with Crippen molar-refractivity contribution in [3.63, 3.8) is 0 Å². The molecule has 2 aromatic carbocycles. The van der Waals surface area contributed by atoms with Crippen molar-refractivity contribution >= 4 is 41.3 Å². The number of hydrogen-bond donors (Lipinski definition) is 1. The first-order chi connectivity index (χ1) is 9.84. The highest BCUT2D eigenvalue weighted by molar-refractivity contribution is 5.96. The van der Waals surface area contributed by atoms with Gasteiger partial charge < -0.3 is 15.2 Å². The van der Waals surface area contributed by atoms with Crippen LogP contribution in [0.5, 0.6) is 5.75 Å². The summed E-state index contributed by atoms with van der Waals surface area (Å²) in [5.74, 6) is 0.906. The van der Waals surface area contributed by atoms with Gasteiger partial charge in [0, 0.05) is 36.1 Å². The molecule has 4 nitrogen and oxygen atoms in total. The summed E-state index contributed by atoms with van der Waals surface area (Å²) in [4.78, 5) is 2.36. The number of rotatable bonds is 4. The maximum Gasteiger partial charge on any atom is 0.127 e. The molecule has 0 bridgehead atoms. The minimum atomic E-state index is 0. The van der Waals surface area contributed by atoms with Crippen LogP contribution in [0.2, 0.25) is 0 Å². The zero-order chi connectivity index (χ0) is 13.8. The Kier molecular flexibility index (Phi) is 7.76. The number of ether oxygens (including phenoxy) is 2. The van der Waals surface area contributed by atoms with E-state index in [1.54, 1.807) is 0 Å². The lowest BCUT2D eigenvalue weighted by Gasteiger charge is -2.26. The van der Waals surface area contributed by atoms with Crippen molar-refractivity contribution in [3.8, 4) is 5.75 Å². The molecule has 0 amide bonds. The second-order valence-electron chi connectivity index (χ2n) is 5.00. The van der Waals surface area contributed by atoms with Crippen molar-refractivity contribution in [3.05, 3.63) is 36.4 Å². The van der Waals surface area contributed by atoms with Crippen molar-refractivity contribution < 1.29 is 9.47 Å². The summed E-state index contributed by atoms with van der Waals surface area (Å²) in [6.07, 6.45) is 0. The van der Waals surface area contributed by atoms with Crippen LogP contribution in [-0.2, 0) is 4.74 Å². The van der Waals surface area contributed by atoms with Crippen molar-refractivity contribution in [1.29, 1.82) is 0 Å². The van der Waals surface area contributed by atoms with Crippen LogP contribution < -0.4 is 10.5 Å². The summed E-state index contributed by atoms with van der Waals surface area (Å²) in [6.45, 7) is 5.25. The Bertz CT molecular complexity index is 589. The molecule has 1 heterocycles. The Labute approximate surface area is 143 Å². The number of hydrogen-bond acceptors (Lipinski definition) is 4. The summed E-state index contributed by atoms with van der Waals surface area (Å²) in [5, 5.41) is 2.13. The van der Waals surface area contributed by atoms with Gasteiger partial charge in [-0.05, 0) is 12.1 Å². The molecular weight excluding hydrogens is 323 g/mol. The number of morpholine rings is 1. The van der Waals surface area contributed by atoms with Crippen LogP contribution in [0.1, 0.15) is 0 Å². The normalized spacial score (nSPS) is 14.9. The van der Waals surface area contributed by atoms with Gasteiger partial charge in [-0.25, -0.2) is 0 Å². The van der Waals surface area contributed by atoms with Crippen LogP contribution in [0.4, 0.5) is 5.69 Å². The average Bonchev–Trinajstić information content (AvgIpc) is 2.51. The van der Waals surface area contributed by atoms with Gasteiger partial charge >= 0.3 is 0 Å². The monoisotopic (exact) mass is 344 g/mol. The van der Waals surface area contributed by atoms with Crippen molar-refractivity contribution in [2.45, 2.75) is 0 Å². The van der Waals surface area contributed by atoms with Gasteiger partial charge in [-0.15, -0.1) is 24.8 Å². The van der Waals surface area contributed by atoms with Crippen molar-refractivity contribution in [1.82, 2.24) is 4.90 Å². The Morgan fingerprint density at radius 3 is 2.41 bits per heavy atom. The van der Waals surface area contributed by atoms with Crippen molar-refractivity contribution in [2.75, 3.05) is 45.2 Å². The molecule has 0 unspecified atom stereocenters. The molecule has 6 heteroatoms. The van der Waals surface area contributed by atoms with E-state index >= 15 is 0 Å². The van der Waals surface area contributed by atoms with Crippen LogP contribution in [0, 0.1) is 0 Å². The number of fused-ring (bicyclic) bond motifs is 1. The molecule has 0 radical (unpaired) electrons. The van der Waals surface area contributed by atoms with Gasteiger partial charge in [-0.3, -0.25) is 4.90 Å². The summed E-state index contributed by atoms with van der Waals surface area (Å²) in [6, 6.07) is 11.9. The number of benzene rings is 2. The molecule has 1 aliphatic heterocycles. The molecule has 0 saturated carbocycles. The molecule has 22 heavy (non-hydrogen) atoms. The first-order valence-corrected chi connectivity index (χ1v) is 7.05. The zero-order valence-electron chi connectivity index (χ0n) is 12.4. The minimum absolute atomic E-state index is 0. The highest BCUT2D eigenvalue weighted by atomic mass is 35.5. The third-order valence-electron chi connectivity index (χ3n) is 3.69. The van der Waals surface area contributed by atoms with E-state index < -0.39 is 0 Å². The second kappa shape index (κ2) is 9.06. The predicted octanol–water partition coefficient (Wildman–Crippen LogP) is 2.98. The first kappa shape index (κ1) is 18.8. The van der Waals surface area contributed by atoms with Crippen molar-refractivity contribution in [2.24, 2.45) is 0 Å². The van der Waals surface area contributed by atoms with E-state index in [0.29, 0.717) is 6.61 Å². The summed E-state index contributed by atoms with van der Waals surface area (Å²) in [7, 11) is 0. The summed E-state index contributed by atoms with van der Waals surface area (Å²) < 4.78 is 11.3. The van der Waals surface area contributed by atoms with Gasteiger partial charge in [-0.1, -0.05) is 24.3 Å². The number of nitrogens with zero attached hydrogens (tertiary/aromatic N) is 1. The molecule has 3 rings (SSSR count). The Morgan fingerprint density at radius 1 is 1.00 bits per heavy atom. The Hall–Kier alpha value is -1.20. The Morgan fingerprint density at radius 2 is 1.68 bits per heavy atom. The molecule has 0 aliphatic carbocycles. The Balaban J connectivity index is 0.00000121. The van der Waals surface area contributed by atoms with E-state index in [1.165, 1.54) is 0 Å². The maximum absolute atomic E-state index is 5.99. The predicted molar refractivity (Wildman–Crippen MR) is 95.6 cm³/mol. The topological polar surface area (TPSA) is 47.7 Å². The molecule has 1 fully saturated rings. The molecule has 2 aromatic rings. The fourth-order valence-electron chi connectivity index (χ4n) is 2.53. The van der Waals surface area contributed by atoms with E-state index in [0.717, 1.165) is 55.1 Å². The average molecular weight is 345 g/mol. The van der Waals surface area contributed by atoms with Gasteiger partial charge in [0.15, 0.2) is 0 Å². The third kappa shape index (κ3) is 4.40. The lowest BCUT2D eigenvalue weighted by Crippen LogP contribution is -2.38. The lowest BCUT2D eigenvalue weighted by molar-refractivity contribution is 0.0323. The molecule has 0 spiro atoms. The molecule has 0 aromatic heterocycles. The van der Waals surface area contributed by atoms with Gasteiger partial charge in [0.25, 0.3) is 0 Å². The summed E-state index contributed by atoms with van der Waals surface area (Å²) in [5.41, 5.74) is 6.79. The van der Waals surface area contributed by atoms with E-state index in [9.17, 15) is 0 Å². The number of halogens is 2. The van der Waals surface area contributed by atoms with Crippen LogP contribution >= 0.6 is 24.8 Å². The molecule has 2 N–H and O–H groups in total. The number of nitrogen functional groups attached to an aromatic ring is 1. The van der Waals surface area contributed by atoms with Gasteiger partial charge in [-0.2, -0.15) is 0 Å². The van der Waals surface area contributed by atoms with Gasteiger partial charge in [0.1, 0.15) is 12.4 Å². The fraction of sp³-hybridized carbons (Fsp3) is 0.375. The highest BCUT2D eigenvalue weighted by Gasteiger charge is 2.10. The van der Waals surface area contributed by atoms with E-state index in [4.69, 9.17) is 15.2 Å². The summed E-state index contributed by atoms with van der Waals surface area (Å²) >= 11 is 0. The van der Waals surface area contributed by atoms with E-state index in [2.05, 4.69) is 11.0 Å². The smallest absolute Gasteiger partial charge is 0.127 e. The SMILES string of the molecule is Cl.Cl.Nc1ccc(OCCN2CCOCC2)c2ccccc12. The first-order valence-electron chi connectivity index (χ1n) is 7.05. The van der Waals surface area contributed by atoms with Crippen LogP contribution in [0.3, 0.4) is 0 Å². The molecular formula is C16H22Cl2N2O2. The van der Waals surface area contributed by atoms with Crippen LogP contribution in [0.15, 0.2) is 36.4 Å². The third-order valence-corrected chi connectivity index (χ3v) is 3.69. The quantitative estimate of drug-likeness (QED) is 0.866. The number of anilines is 1. The van der Waals surface area contributed by atoms with E-state index in [-0.39, 0.29) is 24.8 Å². The highest BCUT2D eigenvalue weighted by Crippen LogP contribution is 2.29. The van der Waals surface area contributed by atoms with Gasteiger partial charge in [0.2, 0.25) is 0 Å². The lowest BCUT2D eigenvalue weighted by atomic mass is 10.1. The van der Waals surface area contributed by atoms with Crippen LogP contribution in [-0.4, -0.2) is 44.4 Å². The molecule has 0 atom stereocenters. The maximum atomic E-state index is 5.99. The standard InChI is InChI=1S/C16H20N2O2.2ClH/c17-15-5-6-16(14-4-2-1-3-13(14)15)20-12-9-18-7-10-19-11-8-18;;/h1-6H,7-12,17H2;2*1H. The minimum Gasteiger partial charge on any atom is -0.492 e.